The second-order valence-electron chi connectivity index (χ2n) is 3.93. The predicted octanol–water partition coefficient (Wildman–Crippen LogP) is 2.71. The van der Waals surface area contributed by atoms with Crippen molar-refractivity contribution < 1.29 is 4.74 Å². The number of methoxy groups -OCH3 is 1. The zero-order valence-corrected chi connectivity index (χ0v) is 10.0. The molecule has 76 valence electrons. The molecule has 0 spiro atoms. The van der Waals surface area contributed by atoms with E-state index in [1.54, 1.807) is 7.11 Å². The quantitative estimate of drug-likeness (QED) is 0.882. The monoisotopic (exact) mass is 255 g/mol. The molecule has 0 aliphatic heterocycles. The van der Waals surface area contributed by atoms with E-state index in [-0.39, 0.29) is 5.54 Å². The molecule has 0 unspecified atom stereocenters. The van der Waals surface area contributed by atoms with Gasteiger partial charge >= 0.3 is 0 Å². The maximum atomic E-state index is 6.16. The summed E-state index contributed by atoms with van der Waals surface area (Å²) < 4.78 is 6.42. The first-order chi connectivity index (χ1) is 6.58. The highest BCUT2D eigenvalue weighted by Crippen LogP contribution is 2.48. The van der Waals surface area contributed by atoms with Gasteiger partial charge in [-0.3, -0.25) is 0 Å². The number of hydrogen-bond acceptors (Lipinski definition) is 2. The van der Waals surface area contributed by atoms with Crippen LogP contribution < -0.4 is 10.5 Å². The number of ether oxygens (including phenoxy) is 1. The van der Waals surface area contributed by atoms with Gasteiger partial charge in [0.25, 0.3) is 0 Å². The van der Waals surface area contributed by atoms with E-state index in [1.807, 2.05) is 6.92 Å². The Balaban J connectivity index is 2.55. The molecule has 1 aromatic carbocycles. The lowest BCUT2D eigenvalue weighted by Gasteiger charge is -2.16. The Morgan fingerprint density at radius 1 is 1.43 bits per heavy atom. The van der Waals surface area contributed by atoms with Gasteiger partial charge in [0.2, 0.25) is 0 Å². The molecule has 0 radical (unpaired) electrons. The molecule has 0 saturated heterocycles. The third-order valence-electron chi connectivity index (χ3n) is 2.82. The Bertz CT molecular complexity index is 372. The molecule has 1 aromatic rings. The van der Waals surface area contributed by atoms with Crippen LogP contribution in [0.5, 0.6) is 5.75 Å². The smallest absolute Gasteiger partial charge is 0.138 e. The molecule has 1 aliphatic carbocycles. The van der Waals surface area contributed by atoms with E-state index >= 15 is 0 Å². The summed E-state index contributed by atoms with van der Waals surface area (Å²) in [6.07, 6.45) is 2.11. The maximum absolute atomic E-state index is 6.16. The van der Waals surface area contributed by atoms with Crippen molar-refractivity contribution in [3.05, 3.63) is 27.7 Å². The Morgan fingerprint density at radius 3 is 2.57 bits per heavy atom. The van der Waals surface area contributed by atoms with E-state index in [4.69, 9.17) is 10.5 Å². The molecule has 2 nitrogen and oxygen atoms in total. The van der Waals surface area contributed by atoms with Gasteiger partial charge in [0.15, 0.2) is 0 Å². The van der Waals surface area contributed by atoms with E-state index in [0.717, 1.165) is 28.6 Å². The van der Waals surface area contributed by atoms with Gasteiger partial charge in [0.1, 0.15) is 5.75 Å². The average Bonchev–Trinajstić information content (AvgIpc) is 2.89. The van der Waals surface area contributed by atoms with Gasteiger partial charge in [-0.2, -0.15) is 0 Å². The van der Waals surface area contributed by atoms with Crippen molar-refractivity contribution in [1.82, 2.24) is 0 Å². The van der Waals surface area contributed by atoms with Crippen molar-refractivity contribution in [3.8, 4) is 5.75 Å². The zero-order valence-electron chi connectivity index (χ0n) is 8.43. The minimum atomic E-state index is -0.137. The highest BCUT2D eigenvalue weighted by Gasteiger charge is 2.42. The molecular formula is C11H14BrNO. The van der Waals surface area contributed by atoms with E-state index in [2.05, 4.69) is 28.1 Å². The highest BCUT2D eigenvalue weighted by atomic mass is 79.9. The van der Waals surface area contributed by atoms with Gasteiger partial charge in [-0.1, -0.05) is 12.1 Å². The van der Waals surface area contributed by atoms with Crippen LogP contribution in [0.3, 0.4) is 0 Å². The summed E-state index contributed by atoms with van der Waals surface area (Å²) in [5, 5.41) is 0. The van der Waals surface area contributed by atoms with Crippen molar-refractivity contribution in [2.45, 2.75) is 25.3 Å². The van der Waals surface area contributed by atoms with Crippen molar-refractivity contribution in [3.63, 3.8) is 0 Å². The van der Waals surface area contributed by atoms with Crippen LogP contribution in [0.15, 0.2) is 16.6 Å². The normalized spacial score (nSPS) is 18.0. The minimum absolute atomic E-state index is 0.137. The van der Waals surface area contributed by atoms with Gasteiger partial charge in [-0.25, -0.2) is 0 Å². The summed E-state index contributed by atoms with van der Waals surface area (Å²) in [6, 6.07) is 4.15. The van der Waals surface area contributed by atoms with Gasteiger partial charge < -0.3 is 10.5 Å². The molecule has 0 heterocycles. The molecule has 14 heavy (non-hydrogen) atoms. The summed E-state index contributed by atoms with van der Waals surface area (Å²) in [7, 11) is 1.69. The fourth-order valence-corrected chi connectivity index (χ4v) is 2.16. The third kappa shape index (κ3) is 1.44. The van der Waals surface area contributed by atoms with Crippen LogP contribution in [0, 0.1) is 6.92 Å². The SMILES string of the molecule is COc1c(C2(N)CC2)ccc(C)c1Br. The molecule has 1 aliphatic rings. The highest BCUT2D eigenvalue weighted by molar-refractivity contribution is 9.10. The second kappa shape index (κ2) is 3.24. The number of halogens is 1. The Kier molecular flexibility index (Phi) is 2.32. The number of nitrogens with two attached hydrogens (primary N) is 1. The molecule has 0 amide bonds. The molecule has 3 heteroatoms. The van der Waals surface area contributed by atoms with Gasteiger partial charge in [0.05, 0.1) is 11.6 Å². The van der Waals surface area contributed by atoms with Crippen molar-refractivity contribution >= 4 is 15.9 Å². The third-order valence-corrected chi connectivity index (χ3v) is 3.80. The number of aryl methyl sites for hydroxylation is 1. The average molecular weight is 256 g/mol. The summed E-state index contributed by atoms with van der Waals surface area (Å²) in [5.74, 6) is 0.894. The molecular weight excluding hydrogens is 242 g/mol. The standard InChI is InChI=1S/C11H14BrNO/c1-7-3-4-8(11(13)5-6-11)10(14-2)9(7)12/h3-4H,5-6,13H2,1-2H3. The summed E-state index contributed by atoms with van der Waals surface area (Å²) in [6.45, 7) is 2.05. The van der Waals surface area contributed by atoms with Crippen LogP contribution in [-0.2, 0) is 5.54 Å². The van der Waals surface area contributed by atoms with Gasteiger partial charge in [0, 0.05) is 11.1 Å². The van der Waals surface area contributed by atoms with E-state index in [0.29, 0.717) is 0 Å². The van der Waals surface area contributed by atoms with E-state index in [1.165, 1.54) is 5.56 Å². The minimum Gasteiger partial charge on any atom is -0.495 e. The largest absolute Gasteiger partial charge is 0.495 e. The van der Waals surface area contributed by atoms with Gasteiger partial charge in [-0.05, 0) is 41.3 Å². The fraction of sp³-hybridized carbons (Fsp3) is 0.455. The lowest BCUT2D eigenvalue weighted by atomic mass is 10.0. The van der Waals surface area contributed by atoms with E-state index < -0.39 is 0 Å². The van der Waals surface area contributed by atoms with Crippen LogP contribution in [0.1, 0.15) is 24.0 Å². The number of rotatable bonds is 2. The molecule has 1 saturated carbocycles. The van der Waals surface area contributed by atoms with Crippen LogP contribution in [0.4, 0.5) is 0 Å². The lowest BCUT2D eigenvalue weighted by molar-refractivity contribution is 0.401. The van der Waals surface area contributed by atoms with Crippen molar-refractivity contribution in [1.29, 1.82) is 0 Å². The van der Waals surface area contributed by atoms with Crippen molar-refractivity contribution in [2.75, 3.05) is 7.11 Å². The molecule has 2 rings (SSSR count). The lowest BCUT2D eigenvalue weighted by Crippen LogP contribution is -2.19. The molecule has 2 N–H and O–H groups in total. The molecule has 0 bridgehead atoms. The maximum Gasteiger partial charge on any atom is 0.138 e. The first kappa shape index (κ1) is 9.99. The summed E-state index contributed by atoms with van der Waals surface area (Å²) in [5.41, 5.74) is 8.32. The fourth-order valence-electron chi connectivity index (χ4n) is 1.65. The van der Waals surface area contributed by atoms with Crippen LogP contribution in [-0.4, -0.2) is 7.11 Å². The summed E-state index contributed by atoms with van der Waals surface area (Å²) >= 11 is 3.53. The van der Waals surface area contributed by atoms with Crippen LogP contribution in [0.25, 0.3) is 0 Å². The molecule has 0 atom stereocenters. The van der Waals surface area contributed by atoms with Crippen LogP contribution >= 0.6 is 15.9 Å². The van der Waals surface area contributed by atoms with E-state index in [9.17, 15) is 0 Å². The van der Waals surface area contributed by atoms with Crippen molar-refractivity contribution in [2.24, 2.45) is 5.73 Å². The number of hydrogen-bond donors (Lipinski definition) is 1. The molecule has 1 fully saturated rings. The topological polar surface area (TPSA) is 35.2 Å². The molecule has 0 aromatic heterocycles. The second-order valence-corrected chi connectivity index (χ2v) is 4.73. The Morgan fingerprint density at radius 2 is 2.07 bits per heavy atom. The Hall–Kier alpha value is -0.540. The predicted molar refractivity (Wildman–Crippen MR) is 60.5 cm³/mol. The summed E-state index contributed by atoms with van der Waals surface area (Å²) in [4.78, 5) is 0. The number of benzene rings is 1. The first-order valence-electron chi connectivity index (χ1n) is 4.71. The van der Waals surface area contributed by atoms with Gasteiger partial charge in [-0.15, -0.1) is 0 Å². The Labute approximate surface area is 92.6 Å². The zero-order chi connectivity index (χ0) is 10.3. The van der Waals surface area contributed by atoms with Crippen LogP contribution in [0.2, 0.25) is 0 Å². The first-order valence-corrected chi connectivity index (χ1v) is 5.50.